The van der Waals surface area contributed by atoms with Gasteiger partial charge in [-0.25, -0.2) is 23.5 Å². The number of aryl methyl sites for hydroxylation is 1. The van der Waals surface area contributed by atoms with Gasteiger partial charge in [0.05, 0.1) is 12.7 Å². The number of esters is 1. The minimum atomic E-state index is -0.791. The molecule has 1 N–H and O–H groups in total. The second kappa shape index (κ2) is 8.90. The Morgan fingerprint density at radius 2 is 1.92 bits per heavy atom. The highest BCUT2D eigenvalue weighted by atomic mass is 19.1. The van der Waals surface area contributed by atoms with Crippen LogP contribution < -0.4 is 5.43 Å². The monoisotopic (exact) mass is 517 g/mol. The third kappa shape index (κ3) is 3.96. The molecule has 1 unspecified atom stereocenters. The van der Waals surface area contributed by atoms with Crippen LogP contribution in [0.2, 0.25) is 0 Å². The Kier molecular flexibility index (Phi) is 5.62. The lowest BCUT2D eigenvalue weighted by Crippen LogP contribution is -2.34. The average Bonchev–Trinajstić information content (AvgIpc) is 3.60. The van der Waals surface area contributed by atoms with E-state index in [1.165, 1.54) is 32.2 Å². The topological polar surface area (TPSA) is 92.8 Å². The van der Waals surface area contributed by atoms with E-state index in [0.717, 1.165) is 29.7 Å². The number of hydrogen-bond acceptors (Lipinski definition) is 8. The van der Waals surface area contributed by atoms with Gasteiger partial charge < -0.3 is 14.1 Å². The number of hydrazone groups is 1. The molecule has 1 aliphatic heterocycles. The van der Waals surface area contributed by atoms with Crippen molar-refractivity contribution in [3.05, 3.63) is 70.4 Å². The molecular weight excluding hydrogens is 492 g/mol. The van der Waals surface area contributed by atoms with Crippen molar-refractivity contribution in [2.75, 3.05) is 14.2 Å². The molecule has 0 spiro atoms. The van der Waals surface area contributed by atoms with Crippen molar-refractivity contribution in [3.63, 3.8) is 0 Å². The molecule has 0 radical (unpaired) electrons. The van der Waals surface area contributed by atoms with Gasteiger partial charge in [0.25, 0.3) is 0 Å². The van der Waals surface area contributed by atoms with E-state index in [0.29, 0.717) is 28.5 Å². The molecular formula is C28H25F2N5O3. The fourth-order valence-electron chi connectivity index (χ4n) is 4.68. The van der Waals surface area contributed by atoms with Gasteiger partial charge in [-0.05, 0) is 68.1 Å². The maximum absolute atomic E-state index is 14.9. The maximum Gasteiger partial charge on any atom is 0.340 e. The number of nitrogens with zero attached hydrogens (tertiary/aromatic N) is 4. The van der Waals surface area contributed by atoms with Crippen LogP contribution in [0.25, 0.3) is 33.8 Å². The first kappa shape index (κ1) is 24.0. The van der Waals surface area contributed by atoms with Crippen LogP contribution in [0.15, 0.2) is 45.9 Å². The number of nitrogens with one attached hydrogen (secondary N) is 1. The Labute approximate surface area is 217 Å². The highest BCUT2D eigenvalue weighted by molar-refractivity contribution is 6.05. The van der Waals surface area contributed by atoms with Crippen molar-refractivity contribution >= 4 is 22.9 Å². The summed E-state index contributed by atoms with van der Waals surface area (Å²) in [5.41, 5.74) is 7.09. The smallest absolute Gasteiger partial charge is 0.340 e. The molecule has 0 bridgehead atoms. The Morgan fingerprint density at radius 3 is 2.61 bits per heavy atom. The number of rotatable bonds is 5. The van der Waals surface area contributed by atoms with Crippen molar-refractivity contribution in [2.45, 2.75) is 38.8 Å². The number of halogens is 2. The Bertz CT molecular complexity index is 1640. The normalized spacial score (nSPS) is 17.1. The lowest BCUT2D eigenvalue weighted by Gasteiger charge is -2.20. The lowest BCUT2D eigenvalue weighted by molar-refractivity contribution is 0.0595. The van der Waals surface area contributed by atoms with E-state index in [2.05, 4.69) is 15.5 Å². The van der Waals surface area contributed by atoms with Crippen molar-refractivity contribution in [3.8, 4) is 22.7 Å². The van der Waals surface area contributed by atoms with Crippen molar-refractivity contribution in [1.82, 2.24) is 20.3 Å². The molecule has 1 atom stereocenters. The number of carbonyl (C=O) groups excluding carboxylic acids is 1. The van der Waals surface area contributed by atoms with Gasteiger partial charge in [-0.3, -0.25) is 5.43 Å². The quantitative estimate of drug-likeness (QED) is 0.357. The summed E-state index contributed by atoms with van der Waals surface area (Å²) >= 11 is 0. The third-order valence-electron chi connectivity index (χ3n) is 7.11. The van der Waals surface area contributed by atoms with E-state index in [9.17, 15) is 13.6 Å². The molecule has 1 fully saturated rings. The van der Waals surface area contributed by atoms with E-state index in [-0.39, 0.29) is 34.6 Å². The van der Waals surface area contributed by atoms with Crippen LogP contribution in [-0.2, 0) is 4.74 Å². The van der Waals surface area contributed by atoms with Crippen LogP contribution in [0.3, 0.4) is 0 Å². The zero-order valence-electron chi connectivity index (χ0n) is 21.3. The van der Waals surface area contributed by atoms with Gasteiger partial charge in [0.1, 0.15) is 29.0 Å². The molecule has 1 saturated carbocycles. The summed E-state index contributed by atoms with van der Waals surface area (Å²) in [5.74, 6) is -0.744. The maximum atomic E-state index is 14.9. The highest BCUT2D eigenvalue weighted by Gasteiger charge is 2.29. The van der Waals surface area contributed by atoms with Gasteiger partial charge in [0, 0.05) is 29.8 Å². The standard InChI is InChI=1S/C28H25F2N5O3/c1-13-24(30)20(28(36)37-4)12-22-25(13)38-27(32-22)23-10-16(9-21(31-23)15-5-6-15)18-8-7-17(29)11-19(18)26-34-33-14(2)35(26)3/h7-12,14-15,33H,5-6H2,1-4H3. The second-order valence-electron chi connectivity index (χ2n) is 9.70. The number of aromatic nitrogens is 2. The van der Waals surface area contributed by atoms with Crippen molar-refractivity contribution < 1.29 is 22.7 Å². The molecule has 0 amide bonds. The van der Waals surface area contributed by atoms with E-state index in [1.54, 1.807) is 6.07 Å². The van der Waals surface area contributed by atoms with Crippen LogP contribution in [0.5, 0.6) is 0 Å². The summed E-state index contributed by atoms with van der Waals surface area (Å²) in [4.78, 5) is 23.4. The molecule has 194 valence electrons. The highest BCUT2D eigenvalue weighted by Crippen LogP contribution is 2.42. The Morgan fingerprint density at radius 1 is 1.13 bits per heavy atom. The molecule has 10 heteroatoms. The predicted molar refractivity (Wildman–Crippen MR) is 138 cm³/mol. The Hall–Kier alpha value is -4.34. The van der Waals surface area contributed by atoms with Crippen molar-refractivity contribution in [2.24, 2.45) is 5.10 Å². The Balaban J connectivity index is 1.51. The number of fused-ring (bicyclic) bond motifs is 1. The first-order valence-corrected chi connectivity index (χ1v) is 12.3. The molecule has 2 aromatic carbocycles. The molecule has 4 aromatic rings. The van der Waals surface area contributed by atoms with Gasteiger partial charge in [-0.1, -0.05) is 6.07 Å². The van der Waals surface area contributed by atoms with Gasteiger partial charge in [-0.15, -0.1) is 0 Å². The number of carbonyl (C=O) groups is 1. The summed E-state index contributed by atoms with van der Waals surface area (Å²) in [5, 5.41) is 4.43. The van der Waals surface area contributed by atoms with E-state index >= 15 is 0 Å². The number of hydrogen-bond donors (Lipinski definition) is 1. The largest absolute Gasteiger partial charge is 0.465 e. The van der Waals surface area contributed by atoms with Crippen LogP contribution in [0, 0.1) is 18.6 Å². The van der Waals surface area contributed by atoms with Crippen LogP contribution in [0.1, 0.15) is 52.9 Å². The van der Waals surface area contributed by atoms with E-state index in [1.807, 2.05) is 31.0 Å². The van der Waals surface area contributed by atoms with Gasteiger partial charge in [-0.2, -0.15) is 5.10 Å². The minimum Gasteiger partial charge on any atom is -0.465 e. The predicted octanol–water partition coefficient (Wildman–Crippen LogP) is 5.35. The number of amidine groups is 1. The molecule has 2 aliphatic rings. The van der Waals surface area contributed by atoms with Gasteiger partial charge in [0.15, 0.2) is 11.4 Å². The van der Waals surface area contributed by atoms with Gasteiger partial charge in [0.2, 0.25) is 5.89 Å². The number of benzene rings is 2. The summed E-state index contributed by atoms with van der Waals surface area (Å²) in [6.07, 6.45) is 2.00. The average molecular weight is 518 g/mol. The van der Waals surface area contributed by atoms with Crippen LogP contribution in [0.4, 0.5) is 8.78 Å². The molecule has 3 heterocycles. The van der Waals surface area contributed by atoms with E-state index in [4.69, 9.17) is 14.1 Å². The summed E-state index contributed by atoms with van der Waals surface area (Å²) in [6.45, 7) is 3.49. The van der Waals surface area contributed by atoms with Crippen LogP contribution >= 0.6 is 0 Å². The fraction of sp³-hybridized carbons (Fsp3) is 0.286. The fourth-order valence-corrected chi connectivity index (χ4v) is 4.68. The van der Waals surface area contributed by atoms with Gasteiger partial charge >= 0.3 is 5.97 Å². The van der Waals surface area contributed by atoms with Crippen molar-refractivity contribution in [1.29, 1.82) is 0 Å². The number of pyridine rings is 1. The zero-order chi connectivity index (χ0) is 26.7. The molecule has 6 rings (SSSR count). The summed E-state index contributed by atoms with van der Waals surface area (Å²) in [7, 11) is 3.09. The number of ether oxygens (including phenoxy) is 1. The third-order valence-corrected chi connectivity index (χ3v) is 7.11. The lowest BCUT2D eigenvalue weighted by atomic mass is 9.97. The SMILES string of the molecule is COC(=O)c1cc2nc(-c3cc(-c4ccc(F)cc4C4=NNC(C)N4C)cc(C4CC4)n3)oc2c(C)c1F. The summed E-state index contributed by atoms with van der Waals surface area (Å²) < 4.78 is 40.0. The molecule has 38 heavy (non-hydrogen) atoms. The first-order chi connectivity index (χ1) is 18.2. The molecule has 0 saturated heterocycles. The van der Waals surface area contributed by atoms with E-state index < -0.39 is 11.8 Å². The molecule has 1 aliphatic carbocycles. The minimum absolute atomic E-state index is 0.0330. The molecule has 2 aromatic heterocycles. The van der Waals surface area contributed by atoms with Crippen LogP contribution in [-0.4, -0.2) is 47.0 Å². The molecule has 8 nitrogen and oxygen atoms in total. The first-order valence-electron chi connectivity index (χ1n) is 12.3. The zero-order valence-corrected chi connectivity index (χ0v) is 21.3. The number of methoxy groups -OCH3 is 1. The number of oxazole rings is 1. The summed E-state index contributed by atoms with van der Waals surface area (Å²) in [6, 6.07) is 9.78. The second-order valence-corrected chi connectivity index (χ2v) is 9.70.